The third-order valence-electron chi connectivity index (χ3n) is 3.64. The zero-order valence-electron chi connectivity index (χ0n) is 10.4. The molecule has 0 radical (unpaired) electrons. The number of halogens is 1. The van der Waals surface area contributed by atoms with E-state index in [9.17, 15) is 0 Å². The number of H-pyrrole nitrogens is 1. The molecule has 3 heterocycles. The Morgan fingerprint density at radius 3 is 2.67 bits per heavy atom. The lowest BCUT2D eigenvalue weighted by atomic mass is 10.1. The molecule has 5 heteroatoms. The predicted molar refractivity (Wildman–Crippen MR) is 72.5 cm³/mol. The molecule has 1 N–H and O–H groups in total. The number of ether oxygens (including phenoxy) is 2. The second kappa shape index (κ2) is 5.74. The number of likely N-dealkylation sites (tertiary alicyclic amines) is 1. The molecule has 2 aliphatic rings. The molecule has 0 spiro atoms. The van der Waals surface area contributed by atoms with E-state index in [1.165, 1.54) is 5.56 Å². The van der Waals surface area contributed by atoms with E-state index in [0.717, 1.165) is 50.3 Å². The first-order valence-corrected chi connectivity index (χ1v) is 7.37. The van der Waals surface area contributed by atoms with Crippen LogP contribution in [-0.2, 0) is 16.0 Å². The maximum Gasteiger partial charge on any atom is 0.104 e. The Kier molecular flexibility index (Phi) is 4.03. The SMILES string of the molecule is Brc1cc(CN2CCC(OC3COC3)CC2)c[nH]1. The van der Waals surface area contributed by atoms with Gasteiger partial charge >= 0.3 is 0 Å². The lowest BCUT2D eigenvalue weighted by molar-refractivity contribution is -0.162. The molecule has 4 nitrogen and oxygen atoms in total. The van der Waals surface area contributed by atoms with Gasteiger partial charge in [-0.3, -0.25) is 4.90 Å². The van der Waals surface area contributed by atoms with Crippen LogP contribution in [0.25, 0.3) is 0 Å². The van der Waals surface area contributed by atoms with Crippen molar-refractivity contribution in [3.63, 3.8) is 0 Å². The van der Waals surface area contributed by atoms with Crippen LogP contribution in [0.4, 0.5) is 0 Å². The topological polar surface area (TPSA) is 37.5 Å². The molecule has 0 amide bonds. The minimum atomic E-state index is 0.363. The zero-order valence-corrected chi connectivity index (χ0v) is 12.0. The highest BCUT2D eigenvalue weighted by Crippen LogP contribution is 2.20. The van der Waals surface area contributed by atoms with Gasteiger partial charge in [0.25, 0.3) is 0 Å². The Morgan fingerprint density at radius 1 is 1.33 bits per heavy atom. The van der Waals surface area contributed by atoms with Gasteiger partial charge in [-0.1, -0.05) is 0 Å². The summed E-state index contributed by atoms with van der Waals surface area (Å²) in [6.45, 7) is 4.86. The molecule has 2 fully saturated rings. The lowest BCUT2D eigenvalue weighted by Gasteiger charge is -2.36. The van der Waals surface area contributed by atoms with Gasteiger partial charge in [0.2, 0.25) is 0 Å². The molecule has 1 aromatic heterocycles. The number of hydrogen-bond acceptors (Lipinski definition) is 3. The van der Waals surface area contributed by atoms with Gasteiger partial charge in [0.05, 0.1) is 23.9 Å². The normalized spacial score (nSPS) is 23.2. The monoisotopic (exact) mass is 314 g/mol. The fraction of sp³-hybridized carbons (Fsp3) is 0.692. The summed E-state index contributed by atoms with van der Waals surface area (Å²) in [6.07, 6.45) is 5.15. The fourth-order valence-electron chi connectivity index (χ4n) is 2.53. The molecule has 0 atom stereocenters. The van der Waals surface area contributed by atoms with Crippen molar-refractivity contribution in [2.45, 2.75) is 31.6 Å². The van der Waals surface area contributed by atoms with Crippen LogP contribution in [-0.4, -0.2) is 48.4 Å². The second-order valence-electron chi connectivity index (χ2n) is 5.13. The average molecular weight is 315 g/mol. The summed E-state index contributed by atoms with van der Waals surface area (Å²) in [5.74, 6) is 0. The zero-order chi connectivity index (χ0) is 12.4. The minimum absolute atomic E-state index is 0.363. The van der Waals surface area contributed by atoms with E-state index in [2.05, 4.69) is 38.1 Å². The molecule has 0 aliphatic carbocycles. The second-order valence-corrected chi connectivity index (χ2v) is 5.98. The molecule has 2 saturated heterocycles. The van der Waals surface area contributed by atoms with Gasteiger partial charge in [-0.2, -0.15) is 0 Å². The maximum absolute atomic E-state index is 5.96. The first kappa shape index (κ1) is 12.7. The van der Waals surface area contributed by atoms with E-state index < -0.39 is 0 Å². The molecule has 3 rings (SSSR count). The van der Waals surface area contributed by atoms with Crippen molar-refractivity contribution in [3.8, 4) is 0 Å². The number of nitrogens with zero attached hydrogens (tertiary/aromatic N) is 1. The van der Waals surface area contributed by atoms with Crippen molar-refractivity contribution in [3.05, 3.63) is 22.4 Å². The highest BCUT2D eigenvalue weighted by atomic mass is 79.9. The van der Waals surface area contributed by atoms with Crippen molar-refractivity contribution in [2.24, 2.45) is 0 Å². The van der Waals surface area contributed by atoms with E-state index in [0.29, 0.717) is 12.2 Å². The Balaban J connectivity index is 1.42. The first-order valence-electron chi connectivity index (χ1n) is 6.58. The van der Waals surface area contributed by atoms with Crippen LogP contribution in [0.2, 0.25) is 0 Å². The summed E-state index contributed by atoms with van der Waals surface area (Å²) in [5.41, 5.74) is 1.34. The third kappa shape index (κ3) is 3.15. The Labute approximate surface area is 116 Å². The number of aromatic nitrogens is 1. The Bertz CT molecular complexity index is 384. The van der Waals surface area contributed by atoms with Gasteiger partial charge in [0.1, 0.15) is 6.10 Å². The molecule has 0 saturated carbocycles. The third-order valence-corrected chi connectivity index (χ3v) is 4.10. The smallest absolute Gasteiger partial charge is 0.104 e. The molecular weight excluding hydrogens is 296 g/mol. The standard InChI is InChI=1S/C13H19BrN2O2/c14-13-5-10(6-15-13)7-16-3-1-11(2-4-16)18-12-8-17-9-12/h5-6,11-12,15H,1-4,7-9H2. The number of rotatable bonds is 4. The lowest BCUT2D eigenvalue weighted by Crippen LogP contribution is -2.43. The average Bonchev–Trinajstić information content (AvgIpc) is 2.72. The van der Waals surface area contributed by atoms with Gasteiger partial charge in [-0.05, 0) is 40.4 Å². The van der Waals surface area contributed by atoms with E-state index in [1.807, 2.05) is 0 Å². The van der Waals surface area contributed by atoms with E-state index in [1.54, 1.807) is 0 Å². The summed E-state index contributed by atoms with van der Waals surface area (Å²) in [7, 11) is 0. The minimum Gasteiger partial charge on any atom is -0.376 e. The summed E-state index contributed by atoms with van der Waals surface area (Å²) >= 11 is 3.44. The van der Waals surface area contributed by atoms with Crippen LogP contribution < -0.4 is 0 Å². The van der Waals surface area contributed by atoms with Crippen molar-refractivity contribution in [2.75, 3.05) is 26.3 Å². The van der Waals surface area contributed by atoms with Crippen LogP contribution in [0, 0.1) is 0 Å². The predicted octanol–water partition coefficient (Wildman–Crippen LogP) is 2.16. The summed E-state index contributed by atoms with van der Waals surface area (Å²) < 4.78 is 12.2. The van der Waals surface area contributed by atoms with E-state index in [-0.39, 0.29) is 0 Å². The van der Waals surface area contributed by atoms with Gasteiger partial charge in [-0.25, -0.2) is 0 Å². The van der Waals surface area contributed by atoms with Crippen molar-refractivity contribution >= 4 is 15.9 Å². The molecule has 1 aromatic rings. The number of piperidine rings is 1. The highest BCUT2D eigenvalue weighted by Gasteiger charge is 2.26. The maximum atomic E-state index is 5.96. The number of nitrogens with one attached hydrogen (secondary N) is 1. The van der Waals surface area contributed by atoms with Crippen LogP contribution in [0.3, 0.4) is 0 Å². The Morgan fingerprint density at radius 2 is 2.11 bits per heavy atom. The highest BCUT2D eigenvalue weighted by molar-refractivity contribution is 9.10. The summed E-state index contributed by atoms with van der Waals surface area (Å²) in [4.78, 5) is 5.65. The molecular formula is C13H19BrN2O2. The van der Waals surface area contributed by atoms with Crippen molar-refractivity contribution in [1.82, 2.24) is 9.88 Å². The first-order chi connectivity index (χ1) is 8.79. The molecule has 18 heavy (non-hydrogen) atoms. The van der Waals surface area contributed by atoms with Crippen LogP contribution in [0.5, 0.6) is 0 Å². The van der Waals surface area contributed by atoms with Crippen molar-refractivity contribution in [1.29, 1.82) is 0 Å². The number of hydrogen-bond donors (Lipinski definition) is 1. The summed E-state index contributed by atoms with van der Waals surface area (Å²) in [6, 6.07) is 2.15. The van der Waals surface area contributed by atoms with Gasteiger partial charge in [0.15, 0.2) is 0 Å². The van der Waals surface area contributed by atoms with E-state index in [4.69, 9.17) is 9.47 Å². The van der Waals surface area contributed by atoms with Gasteiger partial charge < -0.3 is 14.5 Å². The quantitative estimate of drug-likeness (QED) is 0.925. The Hall–Kier alpha value is -0.360. The van der Waals surface area contributed by atoms with Crippen LogP contribution in [0.1, 0.15) is 18.4 Å². The van der Waals surface area contributed by atoms with Gasteiger partial charge in [0, 0.05) is 25.8 Å². The molecule has 0 aromatic carbocycles. The number of aromatic amines is 1. The van der Waals surface area contributed by atoms with Crippen molar-refractivity contribution < 1.29 is 9.47 Å². The van der Waals surface area contributed by atoms with Crippen LogP contribution >= 0.6 is 15.9 Å². The van der Waals surface area contributed by atoms with Gasteiger partial charge in [-0.15, -0.1) is 0 Å². The molecule has 2 aliphatic heterocycles. The summed E-state index contributed by atoms with van der Waals surface area (Å²) in [5, 5.41) is 0. The van der Waals surface area contributed by atoms with Crippen LogP contribution in [0.15, 0.2) is 16.9 Å². The fourth-order valence-corrected chi connectivity index (χ4v) is 2.93. The largest absolute Gasteiger partial charge is 0.376 e. The molecule has 0 unspecified atom stereocenters. The van der Waals surface area contributed by atoms with E-state index >= 15 is 0 Å². The molecule has 100 valence electrons. The molecule has 0 bridgehead atoms.